The van der Waals surface area contributed by atoms with Crippen molar-refractivity contribution in [1.82, 2.24) is 0 Å². The van der Waals surface area contributed by atoms with E-state index in [4.69, 9.17) is 5.26 Å². The molecule has 0 radical (unpaired) electrons. The summed E-state index contributed by atoms with van der Waals surface area (Å²) in [4.78, 5) is 13.7. The highest BCUT2D eigenvalue weighted by molar-refractivity contribution is 6.02. The van der Waals surface area contributed by atoms with Crippen LogP contribution in [0.1, 0.15) is 11.1 Å². The molecule has 1 amide bonds. The third kappa shape index (κ3) is 2.56. The first-order valence-electron chi connectivity index (χ1n) is 6.50. The van der Waals surface area contributed by atoms with Crippen LogP contribution in [0.5, 0.6) is 0 Å². The number of anilines is 2. The van der Waals surface area contributed by atoms with Crippen molar-refractivity contribution in [3.63, 3.8) is 0 Å². The normalized spacial score (nSPS) is 13.3. The van der Waals surface area contributed by atoms with E-state index in [1.165, 1.54) is 12.1 Å². The van der Waals surface area contributed by atoms with Gasteiger partial charge in [-0.05, 0) is 35.9 Å². The number of rotatable bonds is 2. The second kappa shape index (κ2) is 5.25. The standard InChI is InChI=1S/C16H12FN3O/c17-13-6-11(8-18)5-12(7-13)10-20-15-4-2-1-3-14(15)19-9-16(20)21/h1-7,19H,9-10H2. The van der Waals surface area contributed by atoms with Gasteiger partial charge >= 0.3 is 0 Å². The number of nitrogens with zero attached hydrogens (tertiary/aromatic N) is 2. The molecule has 4 nitrogen and oxygen atoms in total. The van der Waals surface area contributed by atoms with Gasteiger partial charge in [-0.3, -0.25) is 4.79 Å². The van der Waals surface area contributed by atoms with Crippen LogP contribution in [0.3, 0.4) is 0 Å². The number of nitrogens with one attached hydrogen (secondary N) is 1. The Morgan fingerprint density at radius 2 is 2.10 bits per heavy atom. The lowest BCUT2D eigenvalue weighted by Gasteiger charge is -2.30. The number of carbonyl (C=O) groups excluding carboxylic acids is 1. The lowest BCUT2D eigenvalue weighted by atomic mass is 10.1. The molecular formula is C16H12FN3O. The number of hydrogen-bond donors (Lipinski definition) is 1. The summed E-state index contributed by atoms with van der Waals surface area (Å²) in [6, 6.07) is 13.5. The average Bonchev–Trinajstić information content (AvgIpc) is 2.49. The summed E-state index contributed by atoms with van der Waals surface area (Å²) in [5.74, 6) is -0.559. The Balaban J connectivity index is 1.96. The van der Waals surface area contributed by atoms with E-state index in [9.17, 15) is 9.18 Å². The van der Waals surface area contributed by atoms with Crippen LogP contribution >= 0.6 is 0 Å². The smallest absolute Gasteiger partial charge is 0.246 e. The van der Waals surface area contributed by atoms with Crippen LogP contribution in [0.25, 0.3) is 0 Å². The fraction of sp³-hybridized carbons (Fsp3) is 0.125. The number of fused-ring (bicyclic) bond motifs is 1. The van der Waals surface area contributed by atoms with Crippen molar-refractivity contribution in [3.05, 3.63) is 59.4 Å². The number of benzene rings is 2. The highest BCUT2D eigenvalue weighted by atomic mass is 19.1. The van der Waals surface area contributed by atoms with E-state index in [0.29, 0.717) is 5.56 Å². The quantitative estimate of drug-likeness (QED) is 0.920. The van der Waals surface area contributed by atoms with Gasteiger partial charge in [0.2, 0.25) is 5.91 Å². The summed E-state index contributed by atoms with van der Waals surface area (Å²) in [6.07, 6.45) is 0. The highest BCUT2D eigenvalue weighted by Gasteiger charge is 2.23. The van der Waals surface area contributed by atoms with E-state index in [1.807, 2.05) is 30.3 Å². The maximum absolute atomic E-state index is 13.5. The van der Waals surface area contributed by atoms with Crippen LogP contribution < -0.4 is 10.2 Å². The molecule has 104 valence electrons. The zero-order chi connectivity index (χ0) is 14.8. The van der Waals surface area contributed by atoms with Crippen LogP contribution in [0.4, 0.5) is 15.8 Å². The summed E-state index contributed by atoms with van der Waals surface area (Å²) < 4.78 is 13.5. The van der Waals surface area contributed by atoms with Crippen LogP contribution in [-0.4, -0.2) is 12.5 Å². The topological polar surface area (TPSA) is 56.1 Å². The molecule has 21 heavy (non-hydrogen) atoms. The largest absolute Gasteiger partial charge is 0.374 e. The fourth-order valence-corrected chi connectivity index (χ4v) is 2.42. The first-order valence-corrected chi connectivity index (χ1v) is 6.50. The Kier molecular flexibility index (Phi) is 3.28. The Bertz CT molecular complexity index is 751. The fourth-order valence-electron chi connectivity index (χ4n) is 2.42. The van der Waals surface area contributed by atoms with Gasteiger partial charge in [-0.1, -0.05) is 12.1 Å². The number of nitriles is 1. The van der Waals surface area contributed by atoms with Gasteiger partial charge in [0.05, 0.1) is 36.1 Å². The molecule has 2 aromatic carbocycles. The molecule has 0 aliphatic carbocycles. The van der Waals surface area contributed by atoms with Crippen molar-refractivity contribution >= 4 is 17.3 Å². The molecule has 0 spiro atoms. The van der Waals surface area contributed by atoms with E-state index < -0.39 is 5.82 Å². The lowest BCUT2D eigenvalue weighted by molar-refractivity contribution is -0.117. The summed E-state index contributed by atoms with van der Waals surface area (Å²) in [5, 5.41) is 11.9. The zero-order valence-electron chi connectivity index (χ0n) is 11.1. The molecule has 3 rings (SSSR count). The molecule has 5 heteroatoms. The van der Waals surface area contributed by atoms with Crippen LogP contribution in [0, 0.1) is 17.1 Å². The van der Waals surface area contributed by atoms with Crippen LogP contribution in [0.15, 0.2) is 42.5 Å². The van der Waals surface area contributed by atoms with Crippen molar-refractivity contribution in [1.29, 1.82) is 5.26 Å². The van der Waals surface area contributed by atoms with Crippen molar-refractivity contribution in [3.8, 4) is 6.07 Å². The molecule has 0 aromatic heterocycles. The Labute approximate surface area is 121 Å². The third-order valence-corrected chi connectivity index (χ3v) is 3.35. The van der Waals surface area contributed by atoms with Gasteiger partial charge in [0.15, 0.2) is 0 Å². The number of amides is 1. The summed E-state index contributed by atoms with van der Waals surface area (Å²) >= 11 is 0. The Hall–Kier alpha value is -2.87. The monoisotopic (exact) mass is 281 g/mol. The van der Waals surface area contributed by atoms with Crippen LogP contribution in [-0.2, 0) is 11.3 Å². The van der Waals surface area contributed by atoms with E-state index >= 15 is 0 Å². The molecule has 2 aromatic rings. The third-order valence-electron chi connectivity index (χ3n) is 3.35. The number of carbonyl (C=O) groups is 1. The minimum absolute atomic E-state index is 0.0866. The SMILES string of the molecule is N#Cc1cc(F)cc(CN2C(=O)CNc3ccccc32)c1. The summed E-state index contributed by atoms with van der Waals surface area (Å²) in [5.41, 5.74) is 2.48. The van der Waals surface area contributed by atoms with Crippen molar-refractivity contribution < 1.29 is 9.18 Å². The van der Waals surface area contributed by atoms with Crippen molar-refractivity contribution in [2.75, 3.05) is 16.8 Å². The van der Waals surface area contributed by atoms with Crippen molar-refractivity contribution in [2.45, 2.75) is 6.54 Å². The molecule has 1 N–H and O–H groups in total. The van der Waals surface area contributed by atoms with Crippen LogP contribution in [0.2, 0.25) is 0 Å². The number of hydrogen-bond acceptors (Lipinski definition) is 3. The summed E-state index contributed by atoms with van der Waals surface area (Å²) in [6.45, 7) is 0.446. The average molecular weight is 281 g/mol. The lowest BCUT2D eigenvalue weighted by Crippen LogP contribution is -2.39. The predicted octanol–water partition coefficient (Wildman–Crippen LogP) is 2.66. The second-order valence-electron chi connectivity index (χ2n) is 4.81. The highest BCUT2D eigenvalue weighted by Crippen LogP contribution is 2.30. The van der Waals surface area contributed by atoms with Gasteiger partial charge in [-0.15, -0.1) is 0 Å². The Morgan fingerprint density at radius 3 is 2.90 bits per heavy atom. The minimum Gasteiger partial charge on any atom is -0.374 e. The van der Waals surface area contributed by atoms with E-state index in [2.05, 4.69) is 5.32 Å². The molecule has 1 aliphatic heterocycles. The van der Waals surface area contributed by atoms with Gasteiger partial charge in [0.1, 0.15) is 5.82 Å². The molecule has 0 saturated carbocycles. The maximum Gasteiger partial charge on any atom is 0.246 e. The molecule has 0 fully saturated rings. The molecule has 1 aliphatic rings. The summed E-state index contributed by atoms with van der Waals surface area (Å²) in [7, 11) is 0. The number of halogens is 1. The molecule has 0 bridgehead atoms. The van der Waals surface area contributed by atoms with E-state index in [1.54, 1.807) is 11.0 Å². The van der Waals surface area contributed by atoms with Gasteiger partial charge < -0.3 is 10.2 Å². The molecule has 0 unspecified atom stereocenters. The molecule has 1 heterocycles. The van der Waals surface area contributed by atoms with E-state index in [0.717, 1.165) is 11.4 Å². The minimum atomic E-state index is -0.472. The molecule has 0 atom stereocenters. The molecule has 0 saturated heterocycles. The van der Waals surface area contributed by atoms with Gasteiger partial charge in [0.25, 0.3) is 0 Å². The number of para-hydroxylation sites is 2. The Morgan fingerprint density at radius 1 is 1.29 bits per heavy atom. The van der Waals surface area contributed by atoms with E-state index in [-0.39, 0.29) is 24.6 Å². The zero-order valence-corrected chi connectivity index (χ0v) is 11.1. The van der Waals surface area contributed by atoms with Gasteiger partial charge in [-0.25, -0.2) is 4.39 Å². The first-order chi connectivity index (χ1) is 10.2. The van der Waals surface area contributed by atoms with Crippen molar-refractivity contribution in [2.24, 2.45) is 0 Å². The first kappa shape index (κ1) is 13.1. The maximum atomic E-state index is 13.5. The van der Waals surface area contributed by atoms with Gasteiger partial charge in [0, 0.05) is 0 Å². The molecular weight excluding hydrogens is 269 g/mol. The predicted molar refractivity (Wildman–Crippen MR) is 77.2 cm³/mol. The van der Waals surface area contributed by atoms with Gasteiger partial charge in [-0.2, -0.15) is 5.26 Å². The second-order valence-corrected chi connectivity index (χ2v) is 4.81.